The van der Waals surface area contributed by atoms with Crippen LogP contribution >= 0.6 is 0 Å². The highest BCUT2D eigenvalue weighted by molar-refractivity contribution is 5.72. The molecule has 0 fully saturated rings. The molecule has 0 amide bonds. The van der Waals surface area contributed by atoms with Gasteiger partial charge in [-0.25, -0.2) is 8.78 Å². The highest BCUT2D eigenvalue weighted by atomic mass is 19.3. The highest BCUT2D eigenvalue weighted by Gasteiger charge is 2.16. The Morgan fingerprint density at radius 2 is 2.24 bits per heavy atom. The second kappa shape index (κ2) is 5.42. The second-order valence-corrected chi connectivity index (χ2v) is 3.28. The minimum Gasteiger partial charge on any atom is -0.466 e. The molecule has 0 saturated heterocycles. The molecule has 1 aromatic rings. The number of nitrogens with one attached hydrogen (secondary N) is 1. The van der Waals surface area contributed by atoms with Gasteiger partial charge in [0.2, 0.25) is 0 Å². The lowest BCUT2D eigenvalue weighted by atomic mass is 10.1. The maximum absolute atomic E-state index is 12.4. The summed E-state index contributed by atoms with van der Waals surface area (Å²) >= 11 is 0. The first kappa shape index (κ1) is 13.1. The predicted molar refractivity (Wildman–Crippen MR) is 56.8 cm³/mol. The second-order valence-electron chi connectivity index (χ2n) is 3.28. The molecule has 1 heterocycles. The molecule has 0 radical (unpaired) electrons. The van der Waals surface area contributed by atoms with E-state index in [1.165, 1.54) is 0 Å². The molecule has 3 N–H and O–H groups in total. The summed E-state index contributed by atoms with van der Waals surface area (Å²) in [6.45, 7) is 1.80. The lowest BCUT2D eigenvalue weighted by Crippen LogP contribution is -2.20. The number of ether oxygens (including phenoxy) is 1. The lowest BCUT2D eigenvalue weighted by Gasteiger charge is -2.06. The van der Waals surface area contributed by atoms with E-state index < -0.39 is 23.6 Å². The number of rotatable bonds is 4. The zero-order valence-electron chi connectivity index (χ0n) is 9.13. The van der Waals surface area contributed by atoms with E-state index in [0.717, 1.165) is 6.07 Å². The van der Waals surface area contributed by atoms with Gasteiger partial charge in [-0.1, -0.05) is 0 Å². The summed E-state index contributed by atoms with van der Waals surface area (Å²) in [5.74, 6) is -0.609. The number of nitrogens with two attached hydrogens (primary N) is 1. The van der Waals surface area contributed by atoms with Crippen LogP contribution in [-0.2, 0) is 16.0 Å². The van der Waals surface area contributed by atoms with Gasteiger partial charge in [-0.15, -0.1) is 0 Å². The largest absolute Gasteiger partial charge is 0.466 e. The van der Waals surface area contributed by atoms with Gasteiger partial charge in [0.25, 0.3) is 12.0 Å². The van der Waals surface area contributed by atoms with Crippen LogP contribution in [0.4, 0.5) is 14.5 Å². The molecule has 17 heavy (non-hydrogen) atoms. The van der Waals surface area contributed by atoms with Crippen molar-refractivity contribution in [2.75, 3.05) is 12.3 Å². The molecule has 0 aliphatic rings. The number of halogens is 2. The van der Waals surface area contributed by atoms with E-state index in [1.807, 2.05) is 4.98 Å². The number of pyridine rings is 1. The molecule has 1 aromatic heterocycles. The van der Waals surface area contributed by atoms with Crippen molar-refractivity contribution in [3.63, 3.8) is 0 Å². The molecule has 0 aliphatic carbocycles. The number of anilines is 1. The number of aromatic amines is 1. The first-order valence-electron chi connectivity index (χ1n) is 4.91. The Balaban J connectivity index is 3.00. The lowest BCUT2D eigenvalue weighted by molar-refractivity contribution is -0.142. The van der Waals surface area contributed by atoms with Crippen molar-refractivity contribution in [3.8, 4) is 0 Å². The summed E-state index contributed by atoms with van der Waals surface area (Å²) in [4.78, 5) is 24.5. The first-order valence-corrected chi connectivity index (χ1v) is 4.91. The molecule has 0 aliphatic heterocycles. The number of H-pyrrole nitrogens is 1. The van der Waals surface area contributed by atoms with E-state index in [-0.39, 0.29) is 24.3 Å². The van der Waals surface area contributed by atoms with Gasteiger partial charge in [-0.3, -0.25) is 9.59 Å². The highest BCUT2D eigenvalue weighted by Crippen LogP contribution is 2.21. The molecule has 0 atom stereocenters. The summed E-state index contributed by atoms with van der Waals surface area (Å²) in [7, 11) is 0. The molecule has 94 valence electrons. The van der Waals surface area contributed by atoms with Gasteiger partial charge in [-0.05, 0) is 13.0 Å². The van der Waals surface area contributed by atoms with Gasteiger partial charge < -0.3 is 15.5 Å². The van der Waals surface area contributed by atoms with Crippen LogP contribution in [-0.4, -0.2) is 17.6 Å². The minimum absolute atomic E-state index is 0.00495. The van der Waals surface area contributed by atoms with E-state index in [4.69, 9.17) is 5.73 Å². The number of aromatic nitrogens is 1. The van der Waals surface area contributed by atoms with Gasteiger partial charge in [-0.2, -0.15) is 0 Å². The van der Waals surface area contributed by atoms with Crippen LogP contribution in [0.25, 0.3) is 0 Å². The zero-order chi connectivity index (χ0) is 13.0. The number of carbonyl (C=O) groups is 1. The van der Waals surface area contributed by atoms with Gasteiger partial charge in [0.15, 0.2) is 0 Å². The average Bonchev–Trinajstić information content (AvgIpc) is 2.22. The summed E-state index contributed by atoms with van der Waals surface area (Å²) in [5, 5.41) is 0. The van der Waals surface area contributed by atoms with Gasteiger partial charge in [0, 0.05) is 5.56 Å². The molecular weight excluding hydrogens is 234 g/mol. The van der Waals surface area contributed by atoms with Gasteiger partial charge >= 0.3 is 5.97 Å². The fourth-order valence-corrected chi connectivity index (χ4v) is 1.29. The normalized spacial score (nSPS) is 10.6. The zero-order valence-corrected chi connectivity index (χ0v) is 9.13. The van der Waals surface area contributed by atoms with E-state index in [9.17, 15) is 18.4 Å². The van der Waals surface area contributed by atoms with E-state index in [0.29, 0.717) is 0 Å². The smallest absolute Gasteiger partial charge is 0.310 e. The first-order chi connectivity index (χ1) is 7.95. The van der Waals surface area contributed by atoms with Crippen molar-refractivity contribution < 1.29 is 18.3 Å². The number of carbonyl (C=O) groups excluding carboxylic acids is 1. The van der Waals surface area contributed by atoms with Crippen LogP contribution in [0.2, 0.25) is 0 Å². The topological polar surface area (TPSA) is 85.2 Å². The summed E-state index contributed by atoms with van der Waals surface area (Å²) in [5.41, 5.74) is 3.69. The van der Waals surface area contributed by atoms with E-state index in [1.54, 1.807) is 6.92 Å². The SMILES string of the molecule is CCOC(=O)Cc1cc(N)c(C(F)F)[nH]c1=O. The fraction of sp³-hybridized carbons (Fsp3) is 0.400. The van der Waals surface area contributed by atoms with Crippen molar-refractivity contribution in [2.24, 2.45) is 0 Å². The maximum atomic E-state index is 12.4. The maximum Gasteiger partial charge on any atom is 0.310 e. The van der Waals surface area contributed by atoms with Gasteiger partial charge in [0.1, 0.15) is 5.69 Å². The molecule has 0 saturated carbocycles. The van der Waals surface area contributed by atoms with Crippen molar-refractivity contribution in [1.82, 2.24) is 4.98 Å². The number of alkyl halides is 2. The quantitative estimate of drug-likeness (QED) is 0.776. The molecular formula is C10H12F2N2O3. The van der Waals surface area contributed by atoms with Crippen molar-refractivity contribution >= 4 is 11.7 Å². The number of nitrogen functional groups attached to an aromatic ring is 1. The fourth-order valence-electron chi connectivity index (χ4n) is 1.29. The molecule has 7 heteroatoms. The Kier molecular flexibility index (Phi) is 4.19. The number of esters is 1. The van der Waals surface area contributed by atoms with Gasteiger partial charge in [0.05, 0.1) is 18.7 Å². The third-order valence-corrected chi connectivity index (χ3v) is 2.04. The van der Waals surface area contributed by atoms with Crippen LogP contribution in [0.1, 0.15) is 24.6 Å². The Morgan fingerprint density at radius 1 is 1.59 bits per heavy atom. The number of hydrogen-bond donors (Lipinski definition) is 2. The molecule has 0 spiro atoms. The molecule has 0 aromatic carbocycles. The summed E-state index contributed by atoms with van der Waals surface area (Å²) in [6, 6.07) is 1.07. The molecule has 1 rings (SSSR count). The van der Waals surface area contributed by atoms with Crippen molar-refractivity contribution in [3.05, 3.63) is 27.7 Å². The van der Waals surface area contributed by atoms with Crippen LogP contribution in [0.3, 0.4) is 0 Å². The molecule has 0 unspecified atom stereocenters. The monoisotopic (exact) mass is 246 g/mol. The Hall–Kier alpha value is -1.92. The minimum atomic E-state index is -2.86. The average molecular weight is 246 g/mol. The third-order valence-electron chi connectivity index (χ3n) is 2.04. The van der Waals surface area contributed by atoms with Crippen LogP contribution in [0.5, 0.6) is 0 Å². The Morgan fingerprint density at radius 3 is 2.76 bits per heavy atom. The molecule has 5 nitrogen and oxygen atoms in total. The molecule has 0 bridgehead atoms. The summed E-state index contributed by atoms with van der Waals surface area (Å²) in [6.07, 6.45) is -3.16. The third kappa shape index (κ3) is 3.27. The Labute approximate surface area is 95.6 Å². The predicted octanol–water partition coefficient (Wildman–Crippen LogP) is 1.00. The van der Waals surface area contributed by atoms with Crippen LogP contribution in [0, 0.1) is 0 Å². The standard InChI is InChI=1S/C10H12F2N2O3/c1-2-17-7(15)4-5-3-6(13)8(9(11)12)14-10(5)16/h3,9H,2,4,13H2,1H3,(H,14,16). The summed E-state index contributed by atoms with van der Waals surface area (Å²) < 4.78 is 29.4. The Bertz CT molecular complexity index is 471. The van der Waals surface area contributed by atoms with E-state index >= 15 is 0 Å². The number of hydrogen-bond acceptors (Lipinski definition) is 4. The van der Waals surface area contributed by atoms with E-state index in [2.05, 4.69) is 4.74 Å². The van der Waals surface area contributed by atoms with Crippen LogP contribution < -0.4 is 11.3 Å². The van der Waals surface area contributed by atoms with Crippen LogP contribution in [0.15, 0.2) is 10.9 Å². The van der Waals surface area contributed by atoms with Crippen molar-refractivity contribution in [2.45, 2.75) is 19.8 Å². The van der Waals surface area contributed by atoms with Crippen molar-refractivity contribution in [1.29, 1.82) is 0 Å².